The van der Waals surface area contributed by atoms with E-state index in [1.54, 1.807) is 30.5 Å². The summed E-state index contributed by atoms with van der Waals surface area (Å²) in [6, 6.07) is 10.7. The van der Waals surface area contributed by atoms with E-state index in [9.17, 15) is 9.59 Å². The van der Waals surface area contributed by atoms with Gasteiger partial charge in [-0.1, -0.05) is 36.2 Å². The highest BCUT2D eigenvalue weighted by molar-refractivity contribution is 6.29. The first kappa shape index (κ1) is 18.3. The van der Waals surface area contributed by atoms with Gasteiger partial charge < -0.3 is 0 Å². The number of rotatable bonds is 4. The smallest absolute Gasteiger partial charge is 0.273 e. The highest BCUT2D eigenvalue weighted by atomic mass is 35.5. The van der Waals surface area contributed by atoms with E-state index in [0.717, 1.165) is 22.7 Å². The Kier molecular flexibility index (Phi) is 4.59. The summed E-state index contributed by atoms with van der Waals surface area (Å²) in [7, 11) is 0. The van der Waals surface area contributed by atoms with E-state index in [1.165, 1.54) is 19.3 Å². The van der Waals surface area contributed by atoms with Gasteiger partial charge in [0.2, 0.25) is 5.91 Å². The van der Waals surface area contributed by atoms with E-state index in [2.05, 4.69) is 15.5 Å². The van der Waals surface area contributed by atoms with Crippen LogP contribution in [0.15, 0.2) is 47.4 Å². The maximum atomic E-state index is 12.9. The normalized spacial score (nSPS) is 22.9. The van der Waals surface area contributed by atoms with Crippen LogP contribution in [-0.4, -0.2) is 20.8 Å². The minimum absolute atomic E-state index is 0.161. The van der Waals surface area contributed by atoms with Gasteiger partial charge in [-0.2, -0.15) is 0 Å². The van der Waals surface area contributed by atoms with Crippen molar-refractivity contribution in [2.75, 3.05) is 5.43 Å². The number of carbonyl (C=O) groups is 1. The summed E-state index contributed by atoms with van der Waals surface area (Å²) < 4.78 is 0. The number of hydrogen-bond donors (Lipinski definition) is 1. The largest absolute Gasteiger partial charge is 0.294 e. The maximum Gasteiger partial charge on any atom is 0.294 e. The Balaban J connectivity index is 1.49. The van der Waals surface area contributed by atoms with E-state index in [1.807, 2.05) is 12.1 Å². The Bertz CT molecular complexity index is 1160. The van der Waals surface area contributed by atoms with Gasteiger partial charge in [-0.15, -0.1) is 9.89 Å². The summed E-state index contributed by atoms with van der Waals surface area (Å²) in [4.78, 5) is 30.7. The van der Waals surface area contributed by atoms with Crippen molar-refractivity contribution < 1.29 is 4.79 Å². The minimum atomic E-state index is -0.342. The fourth-order valence-corrected chi connectivity index (χ4v) is 5.23. The first-order valence-corrected chi connectivity index (χ1v) is 10.4. The van der Waals surface area contributed by atoms with E-state index < -0.39 is 0 Å². The van der Waals surface area contributed by atoms with E-state index in [-0.39, 0.29) is 11.5 Å². The molecule has 5 rings (SSSR count). The van der Waals surface area contributed by atoms with Crippen molar-refractivity contribution in [2.24, 2.45) is 17.8 Å². The van der Waals surface area contributed by atoms with Gasteiger partial charge in [-0.25, -0.2) is 10.4 Å². The van der Waals surface area contributed by atoms with E-state index >= 15 is 0 Å². The van der Waals surface area contributed by atoms with Gasteiger partial charge in [0.05, 0.1) is 5.39 Å². The lowest BCUT2D eigenvalue weighted by atomic mass is 9.86. The first-order valence-electron chi connectivity index (χ1n) is 10.0. The monoisotopic (exact) mass is 408 g/mol. The van der Waals surface area contributed by atoms with Gasteiger partial charge in [-0.3, -0.25) is 9.59 Å². The van der Waals surface area contributed by atoms with Gasteiger partial charge in [-0.05, 0) is 55.2 Å². The molecular weight excluding hydrogens is 388 g/mol. The molecule has 0 spiro atoms. The lowest BCUT2D eigenvalue weighted by Gasteiger charge is -2.21. The van der Waals surface area contributed by atoms with Crippen molar-refractivity contribution in [3.05, 3.63) is 58.1 Å². The molecule has 2 aromatic heterocycles. The number of halogens is 1. The molecule has 2 saturated carbocycles. The molecule has 2 heterocycles. The molecule has 1 N–H and O–H groups in total. The van der Waals surface area contributed by atoms with Crippen LogP contribution in [0.1, 0.15) is 32.1 Å². The van der Waals surface area contributed by atoms with Gasteiger partial charge in [0.25, 0.3) is 5.56 Å². The van der Waals surface area contributed by atoms with E-state index in [4.69, 9.17) is 11.6 Å². The van der Waals surface area contributed by atoms with Crippen LogP contribution >= 0.6 is 11.6 Å². The number of fused-ring (bicyclic) bond motifs is 3. The number of aromatic nitrogens is 3. The molecule has 2 bridgehead atoms. The molecule has 2 aliphatic rings. The Labute approximate surface area is 172 Å². The van der Waals surface area contributed by atoms with Gasteiger partial charge in [0.1, 0.15) is 10.8 Å². The molecule has 2 aliphatic carbocycles. The van der Waals surface area contributed by atoms with Crippen molar-refractivity contribution in [3.63, 3.8) is 0 Å². The number of benzene rings is 1. The van der Waals surface area contributed by atoms with Gasteiger partial charge in [0.15, 0.2) is 0 Å². The molecule has 1 amide bonds. The number of amides is 1. The van der Waals surface area contributed by atoms with Crippen LogP contribution in [0.25, 0.3) is 22.0 Å². The Morgan fingerprint density at radius 3 is 2.72 bits per heavy atom. The van der Waals surface area contributed by atoms with Crippen LogP contribution in [0, 0.1) is 17.8 Å². The maximum absolute atomic E-state index is 12.9. The number of carbonyl (C=O) groups excluding carboxylic acids is 1. The summed E-state index contributed by atoms with van der Waals surface area (Å²) in [5, 5.41) is 6.00. The highest BCUT2D eigenvalue weighted by Crippen LogP contribution is 2.49. The zero-order valence-electron chi connectivity index (χ0n) is 15.8. The molecule has 0 saturated heterocycles. The Morgan fingerprint density at radius 2 is 2.00 bits per heavy atom. The third-order valence-electron chi connectivity index (χ3n) is 6.37. The second-order valence-corrected chi connectivity index (χ2v) is 8.54. The summed E-state index contributed by atoms with van der Waals surface area (Å²) in [6.45, 7) is 0. The Morgan fingerprint density at radius 1 is 1.17 bits per heavy atom. The van der Waals surface area contributed by atoms with Crippen molar-refractivity contribution in [2.45, 2.75) is 32.1 Å². The molecule has 3 aromatic rings. The standard InChI is InChI=1S/C22H21ClN4O2/c23-19-11-15(7-8-24-19)21-17-3-1-2-4-18(17)22(29)27(26-21)25-20(28)12-16-10-13-5-6-14(16)9-13/h1-4,7-8,11,13-14,16H,5-6,9-10,12H2,(H,25,28). The molecule has 29 heavy (non-hydrogen) atoms. The van der Waals surface area contributed by atoms with Crippen LogP contribution in [0.2, 0.25) is 5.15 Å². The molecule has 148 valence electrons. The van der Waals surface area contributed by atoms with Crippen molar-refractivity contribution >= 4 is 28.3 Å². The summed E-state index contributed by atoms with van der Waals surface area (Å²) in [5.41, 5.74) is 3.68. The topological polar surface area (TPSA) is 76.9 Å². The molecule has 7 heteroatoms. The SMILES string of the molecule is O=C(CC1CC2CCC1C2)Nn1nc(-c2ccnc(Cl)c2)c2ccccc2c1=O. The minimum Gasteiger partial charge on any atom is -0.273 e. The van der Waals surface area contributed by atoms with Crippen molar-refractivity contribution in [3.8, 4) is 11.3 Å². The second-order valence-electron chi connectivity index (χ2n) is 8.15. The van der Waals surface area contributed by atoms with Gasteiger partial charge >= 0.3 is 0 Å². The van der Waals surface area contributed by atoms with Crippen LogP contribution in [0.3, 0.4) is 0 Å². The van der Waals surface area contributed by atoms with Crippen LogP contribution < -0.4 is 11.0 Å². The lowest BCUT2D eigenvalue weighted by molar-refractivity contribution is -0.118. The van der Waals surface area contributed by atoms with Crippen LogP contribution in [0.4, 0.5) is 0 Å². The fraction of sp³-hybridized carbons (Fsp3) is 0.364. The summed E-state index contributed by atoms with van der Waals surface area (Å²) in [5.74, 6) is 1.69. The first-order chi connectivity index (χ1) is 14.1. The van der Waals surface area contributed by atoms with Crippen molar-refractivity contribution in [1.82, 2.24) is 14.9 Å². The van der Waals surface area contributed by atoms with Crippen LogP contribution in [-0.2, 0) is 4.79 Å². The predicted octanol–water partition coefficient (Wildman–Crippen LogP) is 4.01. The number of nitrogens with zero attached hydrogens (tertiary/aromatic N) is 3. The lowest BCUT2D eigenvalue weighted by Crippen LogP contribution is -2.36. The molecule has 0 aliphatic heterocycles. The molecule has 1 aromatic carbocycles. The highest BCUT2D eigenvalue weighted by Gasteiger charge is 2.40. The quantitative estimate of drug-likeness (QED) is 0.662. The number of pyridine rings is 1. The number of nitrogens with one attached hydrogen (secondary N) is 1. The third kappa shape index (κ3) is 3.42. The molecule has 3 atom stereocenters. The predicted molar refractivity (Wildman–Crippen MR) is 112 cm³/mol. The number of hydrogen-bond acceptors (Lipinski definition) is 4. The van der Waals surface area contributed by atoms with Crippen molar-refractivity contribution in [1.29, 1.82) is 0 Å². The molecule has 3 unspecified atom stereocenters. The molecule has 6 nitrogen and oxygen atoms in total. The Hall–Kier alpha value is -2.73. The molecule has 2 fully saturated rings. The van der Waals surface area contributed by atoms with E-state index in [0.29, 0.717) is 39.9 Å². The second kappa shape index (κ2) is 7.26. The average Bonchev–Trinajstić information content (AvgIpc) is 3.33. The van der Waals surface area contributed by atoms with Crippen LogP contribution in [0.5, 0.6) is 0 Å². The summed E-state index contributed by atoms with van der Waals surface area (Å²) in [6.07, 6.45) is 6.93. The fourth-order valence-electron chi connectivity index (χ4n) is 5.06. The van der Waals surface area contributed by atoms with Gasteiger partial charge in [0, 0.05) is 23.6 Å². The zero-order chi connectivity index (χ0) is 20.0. The summed E-state index contributed by atoms with van der Waals surface area (Å²) >= 11 is 6.05. The average molecular weight is 409 g/mol. The third-order valence-corrected chi connectivity index (χ3v) is 6.57. The molecule has 0 radical (unpaired) electrons. The molecular formula is C22H21ClN4O2. The zero-order valence-corrected chi connectivity index (χ0v) is 16.6.